The molecule has 26 heavy (non-hydrogen) atoms. The molecule has 0 amide bonds. The number of rotatable bonds is 5. The van der Waals surface area contributed by atoms with Gasteiger partial charge in [0.25, 0.3) is 0 Å². The van der Waals surface area contributed by atoms with Crippen LogP contribution in [0.1, 0.15) is 18.2 Å². The minimum atomic E-state index is -2.58. The number of anilines is 2. The SMILES string of the molecule is C=C(C(F)=CC)c1nc(Nc2cc(Br)cc(C=S(C)(N)=O)c2)ncc1F. The highest BCUT2D eigenvalue weighted by atomic mass is 79.9. The van der Waals surface area contributed by atoms with Crippen molar-refractivity contribution in [2.24, 2.45) is 5.14 Å². The molecule has 9 heteroatoms. The van der Waals surface area contributed by atoms with Gasteiger partial charge in [-0.15, -0.1) is 0 Å². The Bertz CT molecular complexity index is 1010. The first-order valence-electron chi connectivity index (χ1n) is 7.32. The zero-order valence-corrected chi connectivity index (χ0v) is 16.5. The fraction of sp³-hybridized carbons (Fsp3) is 0.118. The number of nitrogens with two attached hydrogens (primary N) is 1. The second-order valence-electron chi connectivity index (χ2n) is 5.49. The van der Waals surface area contributed by atoms with Gasteiger partial charge < -0.3 is 5.32 Å². The van der Waals surface area contributed by atoms with Crippen LogP contribution in [0.3, 0.4) is 0 Å². The molecule has 5 nitrogen and oxygen atoms in total. The number of allylic oxidation sites excluding steroid dienone is 3. The molecule has 2 aromatic rings. The van der Waals surface area contributed by atoms with Crippen LogP contribution in [0, 0.1) is 5.82 Å². The van der Waals surface area contributed by atoms with Gasteiger partial charge in [-0.2, -0.15) is 0 Å². The van der Waals surface area contributed by atoms with Crippen molar-refractivity contribution >= 4 is 48.2 Å². The minimum absolute atomic E-state index is 0.0560. The van der Waals surface area contributed by atoms with Gasteiger partial charge in [-0.05, 0) is 30.7 Å². The quantitative estimate of drug-likeness (QED) is 0.542. The summed E-state index contributed by atoms with van der Waals surface area (Å²) < 4.78 is 40.0. The Kier molecular flexibility index (Phi) is 6.27. The smallest absolute Gasteiger partial charge is 0.227 e. The van der Waals surface area contributed by atoms with E-state index in [-0.39, 0.29) is 17.2 Å². The molecule has 0 bridgehead atoms. The molecular formula is C17H17BrF2N4OS. The Hall–Kier alpha value is -2.10. The van der Waals surface area contributed by atoms with Gasteiger partial charge in [-0.25, -0.2) is 18.7 Å². The lowest BCUT2D eigenvalue weighted by Gasteiger charge is -2.10. The van der Waals surface area contributed by atoms with E-state index in [9.17, 15) is 13.0 Å². The summed E-state index contributed by atoms with van der Waals surface area (Å²) >= 11 is 3.35. The van der Waals surface area contributed by atoms with Gasteiger partial charge in [0.05, 0.1) is 6.20 Å². The Labute approximate surface area is 159 Å². The van der Waals surface area contributed by atoms with Crippen LogP contribution in [-0.4, -0.2) is 25.8 Å². The van der Waals surface area contributed by atoms with Crippen LogP contribution in [0.4, 0.5) is 20.4 Å². The summed E-state index contributed by atoms with van der Waals surface area (Å²) in [6.07, 6.45) is 3.52. The van der Waals surface area contributed by atoms with E-state index in [4.69, 9.17) is 5.14 Å². The van der Waals surface area contributed by atoms with Crippen molar-refractivity contribution in [1.29, 1.82) is 0 Å². The van der Waals surface area contributed by atoms with E-state index in [0.29, 0.717) is 15.7 Å². The molecule has 0 aliphatic carbocycles. The number of halogens is 3. The average molecular weight is 443 g/mol. The molecule has 138 valence electrons. The number of hydrogen-bond acceptors (Lipinski definition) is 4. The molecule has 0 spiro atoms. The summed E-state index contributed by atoms with van der Waals surface area (Å²) in [5.74, 6) is -1.40. The number of nitrogens with zero attached hydrogens (tertiary/aromatic N) is 2. The first kappa shape index (κ1) is 20.2. The highest BCUT2D eigenvalue weighted by Crippen LogP contribution is 2.25. The van der Waals surface area contributed by atoms with E-state index >= 15 is 0 Å². The largest absolute Gasteiger partial charge is 0.324 e. The molecule has 1 aromatic carbocycles. The predicted molar refractivity (Wildman–Crippen MR) is 107 cm³/mol. The van der Waals surface area contributed by atoms with Crippen molar-refractivity contribution in [3.8, 4) is 0 Å². The van der Waals surface area contributed by atoms with Crippen LogP contribution >= 0.6 is 15.9 Å². The summed E-state index contributed by atoms with van der Waals surface area (Å²) in [5.41, 5.74) is 0.749. The average Bonchev–Trinajstić information content (AvgIpc) is 2.53. The van der Waals surface area contributed by atoms with E-state index in [2.05, 4.69) is 37.8 Å². The van der Waals surface area contributed by atoms with Gasteiger partial charge in [-0.3, -0.25) is 9.35 Å². The zero-order valence-electron chi connectivity index (χ0n) is 14.1. The van der Waals surface area contributed by atoms with E-state index < -0.39 is 21.4 Å². The molecule has 0 aliphatic rings. The van der Waals surface area contributed by atoms with E-state index in [1.807, 2.05) is 0 Å². The van der Waals surface area contributed by atoms with Crippen molar-refractivity contribution in [3.05, 3.63) is 64.4 Å². The first-order valence-corrected chi connectivity index (χ1v) is 10.2. The monoisotopic (exact) mass is 442 g/mol. The Morgan fingerprint density at radius 3 is 2.73 bits per heavy atom. The number of nitrogens with one attached hydrogen (secondary N) is 1. The Balaban J connectivity index is 2.41. The maximum Gasteiger partial charge on any atom is 0.227 e. The van der Waals surface area contributed by atoms with Gasteiger partial charge in [-0.1, -0.05) is 28.6 Å². The molecule has 0 radical (unpaired) electrons. The third kappa shape index (κ3) is 5.45. The Morgan fingerprint density at radius 1 is 1.42 bits per heavy atom. The normalized spacial score (nSPS) is 13.8. The lowest BCUT2D eigenvalue weighted by Crippen LogP contribution is -2.13. The topological polar surface area (TPSA) is 80.9 Å². The Morgan fingerprint density at radius 2 is 2.12 bits per heavy atom. The van der Waals surface area contributed by atoms with Crippen molar-refractivity contribution in [2.75, 3.05) is 11.6 Å². The maximum atomic E-state index is 13.9. The van der Waals surface area contributed by atoms with Crippen molar-refractivity contribution in [1.82, 2.24) is 9.97 Å². The van der Waals surface area contributed by atoms with E-state index in [1.54, 1.807) is 18.2 Å². The van der Waals surface area contributed by atoms with Gasteiger partial charge in [0.2, 0.25) is 5.95 Å². The van der Waals surface area contributed by atoms with Crippen LogP contribution in [0.25, 0.3) is 5.57 Å². The van der Waals surface area contributed by atoms with Gasteiger partial charge in [0.15, 0.2) is 5.82 Å². The molecule has 1 aromatic heterocycles. The van der Waals surface area contributed by atoms with Crippen LogP contribution in [0.15, 0.2) is 47.4 Å². The maximum absolute atomic E-state index is 13.9. The lowest BCUT2D eigenvalue weighted by atomic mass is 10.1. The fourth-order valence-corrected chi connectivity index (χ4v) is 3.27. The molecule has 2 rings (SSSR count). The van der Waals surface area contributed by atoms with Crippen molar-refractivity contribution < 1.29 is 13.0 Å². The van der Waals surface area contributed by atoms with E-state index in [1.165, 1.54) is 24.6 Å². The van der Waals surface area contributed by atoms with Crippen molar-refractivity contribution in [2.45, 2.75) is 6.92 Å². The number of benzene rings is 1. The fourth-order valence-electron chi connectivity index (χ4n) is 2.08. The number of aromatic nitrogens is 2. The highest BCUT2D eigenvalue weighted by molar-refractivity contribution is 9.10. The second kappa shape index (κ2) is 8.07. The van der Waals surface area contributed by atoms with Crippen LogP contribution in [-0.2, 0) is 9.71 Å². The first-order chi connectivity index (χ1) is 12.1. The summed E-state index contributed by atoms with van der Waals surface area (Å²) in [6, 6.07) is 5.13. The summed E-state index contributed by atoms with van der Waals surface area (Å²) in [7, 11) is -2.58. The van der Waals surface area contributed by atoms with Gasteiger partial charge >= 0.3 is 0 Å². The van der Waals surface area contributed by atoms with E-state index in [0.717, 1.165) is 6.20 Å². The summed E-state index contributed by atoms with van der Waals surface area (Å²) in [6.45, 7) is 4.99. The van der Waals surface area contributed by atoms with Gasteiger partial charge in [0, 0.05) is 37.1 Å². The molecule has 3 N–H and O–H groups in total. The highest BCUT2D eigenvalue weighted by Gasteiger charge is 2.14. The molecule has 0 fully saturated rings. The zero-order chi connectivity index (χ0) is 19.5. The number of hydrogen-bond donors (Lipinski definition) is 2. The summed E-state index contributed by atoms with van der Waals surface area (Å²) in [5, 5.41) is 9.88. The van der Waals surface area contributed by atoms with Crippen molar-refractivity contribution in [3.63, 3.8) is 0 Å². The molecular weight excluding hydrogens is 426 g/mol. The molecule has 1 unspecified atom stereocenters. The van der Waals surface area contributed by atoms with Crippen LogP contribution in [0.2, 0.25) is 0 Å². The standard InChI is InChI=1S/C17H17BrF2N4OS/c1-4-14(19)10(2)16-15(20)8-22-17(24-16)23-13-6-11(5-12(18)7-13)9-26(3,21)25/h4-9H,2H2,1,3H3,(H2,21,25)(H,22,23,24). The van der Waals surface area contributed by atoms with Gasteiger partial charge in [0.1, 0.15) is 11.5 Å². The predicted octanol–water partition coefficient (Wildman–Crippen LogP) is 3.95. The van der Waals surface area contributed by atoms with Crippen LogP contribution in [0.5, 0.6) is 0 Å². The second-order valence-corrected chi connectivity index (χ2v) is 8.57. The molecule has 0 saturated carbocycles. The molecule has 1 heterocycles. The third-order valence-corrected chi connectivity index (χ3v) is 4.32. The molecule has 0 aliphatic heterocycles. The molecule has 1 atom stereocenters. The van der Waals surface area contributed by atoms with Crippen LogP contribution < -0.4 is 10.5 Å². The minimum Gasteiger partial charge on any atom is -0.324 e. The third-order valence-electron chi connectivity index (χ3n) is 3.12. The lowest BCUT2D eigenvalue weighted by molar-refractivity contribution is 0.605. The molecule has 0 saturated heterocycles. The summed E-state index contributed by atoms with van der Waals surface area (Å²) in [4.78, 5) is 7.83.